The average molecular weight is 400 g/mol. The van der Waals surface area contributed by atoms with Crippen LogP contribution in [0.2, 0.25) is 0 Å². The summed E-state index contributed by atoms with van der Waals surface area (Å²) in [6.07, 6.45) is -7.99. The van der Waals surface area contributed by atoms with E-state index in [0.29, 0.717) is 0 Å². The van der Waals surface area contributed by atoms with Crippen LogP contribution in [0.25, 0.3) is 11.5 Å². The number of carbonyl (C=O) groups is 1. The number of rotatable bonds is 3. The molecule has 0 unspecified atom stereocenters. The molecule has 0 saturated heterocycles. The first-order chi connectivity index (χ1) is 13.0. The Kier molecular flexibility index (Phi) is 4.88. The Balaban J connectivity index is 1.72. The molecule has 146 valence electrons. The maximum atomic E-state index is 12.6. The number of halogens is 6. The summed E-state index contributed by atoms with van der Waals surface area (Å²) in [5.41, 5.74) is -1.56. The third kappa shape index (κ3) is 4.33. The molecule has 1 heterocycles. The van der Waals surface area contributed by atoms with E-state index < -0.39 is 29.4 Å². The van der Waals surface area contributed by atoms with Crippen LogP contribution < -0.4 is 5.32 Å². The predicted molar refractivity (Wildman–Crippen MR) is 86.3 cm³/mol. The Hall–Kier alpha value is -3.30. The number of nitrogens with zero attached hydrogens (tertiary/aromatic N) is 1. The highest BCUT2D eigenvalue weighted by Crippen LogP contribution is 2.31. The van der Waals surface area contributed by atoms with Gasteiger partial charge in [-0.1, -0.05) is 0 Å². The Bertz CT molecular complexity index is 973. The number of carbonyl (C=O) groups excluding carboxylic acids is 1. The van der Waals surface area contributed by atoms with E-state index in [4.69, 9.17) is 4.42 Å². The zero-order chi connectivity index (χ0) is 20.5. The molecular weight excluding hydrogens is 390 g/mol. The number of aromatic nitrogens is 1. The minimum Gasteiger partial charge on any atom is -0.444 e. The van der Waals surface area contributed by atoms with Gasteiger partial charge in [0.05, 0.1) is 11.1 Å². The maximum Gasteiger partial charge on any atom is 0.416 e. The normalized spacial score (nSPS) is 12.1. The third-order valence-electron chi connectivity index (χ3n) is 3.67. The molecule has 0 bridgehead atoms. The number of hydrogen-bond donors (Lipinski definition) is 1. The van der Waals surface area contributed by atoms with Gasteiger partial charge in [-0.25, -0.2) is 4.98 Å². The zero-order valence-electron chi connectivity index (χ0n) is 13.7. The molecule has 0 aliphatic heterocycles. The molecule has 0 aliphatic rings. The summed E-state index contributed by atoms with van der Waals surface area (Å²) in [7, 11) is 0. The second-order valence-corrected chi connectivity index (χ2v) is 5.64. The molecular formula is C18H10F6N2O2. The van der Waals surface area contributed by atoms with Crippen LogP contribution in [0.3, 0.4) is 0 Å². The first-order valence-corrected chi connectivity index (χ1v) is 7.66. The number of anilines is 1. The lowest BCUT2D eigenvalue weighted by molar-refractivity contribution is -0.138. The van der Waals surface area contributed by atoms with Crippen LogP contribution in [0.15, 0.2) is 59.2 Å². The average Bonchev–Trinajstić information content (AvgIpc) is 3.11. The highest BCUT2D eigenvalue weighted by molar-refractivity contribution is 6.02. The van der Waals surface area contributed by atoms with Gasteiger partial charge in [-0.15, -0.1) is 0 Å². The van der Waals surface area contributed by atoms with E-state index in [1.54, 1.807) is 0 Å². The number of nitrogens with one attached hydrogen (secondary N) is 1. The number of alkyl halides is 6. The van der Waals surface area contributed by atoms with Gasteiger partial charge < -0.3 is 9.73 Å². The van der Waals surface area contributed by atoms with Crippen molar-refractivity contribution in [2.24, 2.45) is 0 Å². The fourth-order valence-corrected chi connectivity index (χ4v) is 2.25. The second kappa shape index (κ2) is 7.02. The van der Waals surface area contributed by atoms with Crippen LogP contribution in [0.4, 0.5) is 32.0 Å². The van der Waals surface area contributed by atoms with Crippen molar-refractivity contribution < 1.29 is 35.6 Å². The molecule has 2 aromatic carbocycles. The third-order valence-corrected chi connectivity index (χ3v) is 3.67. The van der Waals surface area contributed by atoms with Crippen LogP contribution in [0.5, 0.6) is 0 Å². The van der Waals surface area contributed by atoms with Crippen molar-refractivity contribution in [1.29, 1.82) is 0 Å². The van der Waals surface area contributed by atoms with Crippen LogP contribution in [-0.4, -0.2) is 10.9 Å². The van der Waals surface area contributed by atoms with Gasteiger partial charge in [0.2, 0.25) is 5.89 Å². The lowest BCUT2D eigenvalue weighted by Crippen LogP contribution is -2.12. The fourth-order valence-electron chi connectivity index (χ4n) is 2.25. The first kappa shape index (κ1) is 19.5. The van der Waals surface area contributed by atoms with Crippen molar-refractivity contribution in [3.05, 3.63) is 71.6 Å². The summed E-state index contributed by atoms with van der Waals surface area (Å²) in [4.78, 5) is 16.0. The summed E-state index contributed by atoms with van der Waals surface area (Å²) < 4.78 is 80.4. The molecule has 10 heteroatoms. The summed E-state index contributed by atoms with van der Waals surface area (Å²) in [5.74, 6) is -0.826. The molecule has 0 radical (unpaired) electrons. The molecule has 0 atom stereocenters. The minimum absolute atomic E-state index is 0.0775. The van der Waals surface area contributed by atoms with Crippen molar-refractivity contribution in [2.45, 2.75) is 12.4 Å². The van der Waals surface area contributed by atoms with Crippen molar-refractivity contribution in [2.75, 3.05) is 5.32 Å². The standard InChI is InChI=1S/C18H10F6N2O2/c19-17(20,21)11-3-1-10(2-4-11)16-26-14(9-28-16)15(27)25-13-7-5-12(6-8-13)18(22,23)24/h1-9H,(H,25,27). The summed E-state index contributed by atoms with van der Waals surface area (Å²) in [6, 6.07) is 7.77. The van der Waals surface area contributed by atoms with Gasteiger partial charge in [0.25, 0.3) is 5.91 Å². The molecule has 28 heavy (non-hydrogen) atoms. The molecule has 0 saturated carbocycles. The molecule has 1 N–H and O–H groups in total. The first-order valence-electron chi connectivity index (χ1n) is 7.66. The van der Waals surface area contributed by atoms with E-state index in [1.807, 2.05) is 0 Å². The van der Waals surface area contributed by atoms with Crippen molar-refractivity contribution >= 4 is 11.6 Å². The topological polar surface area (TPSA) is 55.1 Å². The lowest BCUT2D eigenvalue weighted by atomic mass is 10.1. The Morgan fingerprint density at radius 2 is 1.32 bits per heavy atom. The van der Waals surface area contributed by atoms with E-state index in [9.17, 15) is 31.1 Å². The second-order valence-electron chi connectivity index (χ2n) is 5.64. The molecule has 0 fully saturated rings. The Labute approximate surface area is 153 Å². The lowest BCUT2D eigenvalue weighted by Gasteiger charge is -2.08. The number of hydrogen-bond acceptors (Lipinski definition) is 3. The van der Waals surface area contributed by atoms with Crippen LogP contribution in [-0.2, 0) is 12.4 Å². The molecule has 4 nitrogen and oxygen atoms in total. The van der Waals surface area contributed by atoms with Crippen LogP contribution >= 0.6 is 0 Å². The zero-order valence-corrected chi connectivity index (χ0v) is 13.7. The van der Waals surface area contributed by atoms with E-state index in [2.05, 4.69) is 10.3 Å². The number of benzene rings is 2. The van der Waals surface area contributed by atoms with Crippen LogP contribution in [0, 0.1) is 0 Å². The molecule has 0 aliphatic carbocycles. The number of oxazole rings is 1. The monoisotopic (exact) mass is 400 g/mol. The highest BCUT2D eigenvalue weighted by atomic mass is 19.4. The van der Waals surface area contributed by atoms with E-state index in [1.165, 1.54) is 0 Å². The van der Waals surface area contributed by atoms with Gasteiger partial charge in [0.1, 0.15) is 6.26 Å². The van der Waals surface area contributed by atoms with Gasteiger partial charge in [0, 0.05) is 11.3 Å². The molecule has 3 rings (SSSR count). The predicted octanol–water partition coefficient (Wildman–Crippen LogP) is 5.63. The molecule has 1 amide bonds. The van der Waals surface area contributed by atoms with Crippen molar-refractivity contribution in [3.63, 3.8) is 0 Å². The van der Waals surface area contributed by atoms with Gasteiger partial charge in [-0.2, -0.15) is 26.3 Å². The van der Waals surface area contributed by atoms with E-state index >= 15 is 0 Å². The van der Waals surface area contributed by atoms with Crippen LogP contribution in [0.1, 0.15) is 21.6 Å². The van der Waals surface area contributed by atoms with Gasteiger partial charge >= 0.3 is 12.4 Å². The van der Waals surface area contributed by atoms with Gasteiger partial charge in [-0.3, -0.25) is 4.79 Å². The highest BCUT2D eigenvalue weighted by Gasteiger charge is 2.31. The van der Waals surface area contributed by atoms with Gasteiger partial charge in [0.15, 0.2) is 5.69 Å². The Morgan fingerprint density at radius 1 is 0.821 bits per heavy atom. The van der Waals surface area contributed by atoms with Crippen molar-refractivity contribution in [1.82, 2.24) is 4.98 Å². The Morgan fingerprint density at radius 3 is 1.82 bits per heavy atom. The molecule has 3 aromatic rings. The summed E-state index contributed by atoms with van der Waals surface area (Å²) in [6.45, 7) is 0. The smallest absolute Gasteiger partial charge is 0.416 e. The summed E-state index contributed by atoms with van der Waals surface area (Å²) in [5, 5.41) is 2.35. The van der Waals surface area contributed by atoms with Gasteiger partial charge in [-0.05, 0) is 48.5 Å². The SMILES string of the molecule is O=C(Nc1ccc(C(F)(F)F)cc1)c1coc(-c2ccc(C(F)(F)F)cc2)n1. The van der Waals surface area contributed by atoms with Crippen molar-refractivity contribution in [3.8, 4) is 11.5 Å². The van der Waals surface area contributed by atoms with E-state index in [0.717, 1.165) is 54.8 Å². The molecule has 0 spiro atoms. The maximum absolute atomic E-state index is 12.6. The largest absolute Gasteiger partial charge is 0.444 e. The fraction of sp³-hybridized carbons (Fsp3) is 0.111. The van der Waals surface area contributed by atoms with E-state index in [-0.39, 0.29) is 22.8 Å². The molecule has 1 aromatic heterocycles. The number of amides is 1. The quantitative estimate of drug-likeness (QED) is 0.580. The summed E-state index contributed by atoms with van der Waals surface area (Å²) >= 11 is 0. The minimum atomic E-state index is -4.49.